The standard InChI is InChI=1S/C33H37FN6/c1-8-12-27(25-15-21(4)16-26(34)18-25)31-22(5)36-33(37-31)32-28-19-29(35-20-30(28)38-39-32)24(10-3)17-23(9-2)13-11-14-40(6)7/h8-10,12,15-20H,1-2,11,13-14H2,3-7H3,(H,36,37)(H,38,39)/b23-17+,24-10+,27-12-. The van der Waals surface area contributed by atoms with E-state index in [0.29, 0.717) is 11.5 Å². The van der Waals surface area contributed by atoms with E-state index in [-0.39, 0.29) is 5.82 Å². The molecule has 3 heterocycles. The lowest BCUT2D eigenvalue weighted by atomic mass is 9.99. The van der Waals surface area contributed by atoms with E-state index in [1.54, 1.807) is 12.3 Å². The van der Waals surface area contributed by atoms with Crippen molar-refractivity contribution < 1.29 is 4.39 Å². The first-order chi connectivity index (χ1) is 19.2. The summed E-state index contributed by atoms with van der Waals surface area (Å²) < 4.78 is 14.3. The summed E-state index contributed by atoms with van der Waals surface area (Å²) in [4.78, 5) is 15.2. The van der Waals surface area contributed by atoms with Crippen LogP contribution in [0.4, 0.5) is 4.39 Å². The molecule has 6 nitrogen and oxygen atoms in total. The first kappa shape index (κ1) is 28.6. The molecule has 0 bridgehead atoms. The summed E-state index contributed by atoms with van der Waals surface area (Å²) in [5, 5.41) is 8.56. The Morgan fingerprint density at radius 1 is 1.12 bits per heavy atom. The number of hydrogen-bond donors (Lipinski definition) is 2. The van der Waals surface area contributed by atoms with Gasteiger partial charge in [0, 0.05) is 16.7 Å². The third-order valence-corrected chi connectivity index (χ3v) is 6.73. The van der Waals surface area contributed by atoms with Gasteiger partial charge in [0.05, 0.1) is 23.1 Å². The lowest BCUT2D eigenvalue weighted by molar-refractivity contribution is 0.400. The summed E-state index contributed by atoms with van der Waals surface area (Å²) in [6, 6.07) is 7.00. The van der Waals surface area contributed by atoms with E-state index in [1.165, 1.54) is 17.7 Å². The topological polar surface area (TPSA) is 73.5 Å². The first-order valence-corrected chi connectivity index (χ1v) is 13.4. The Morgan fingerprint density at radius 2 is 1.93 bits per heavy atom. The molecule has 0 saturated heterocycles. The fourth-order valence-corrected chi connectivity index (χ4v) is 4.75. The number of rotatable bonds is 11. The fraction of sp³-hybridized carbons (Fsp3) is 0.242. The zero-order chi connectivity index (χ0) is 28.8. The van der Waals surface area contributed by atoms with Crippen molar-refractivity contribution in [1.82, 2.24) is 30.0 Å². The molecule has 0 amide bonds. The lowest BCUT2D eigenvalue weighted by Crippen LogP contribution is -2.12. The number of allylic oxidation sites excluding steroid dienone is 7. The van der Waals surface area contributed by atoms with Crippen molar-refractivity contribution in [3.05, 3.63) is 114 Å². The van der Waals surface area contributed by atoms with Crippen LogP contribution in [0.2, 0.25) is 0 Å². The highest BCUT2D eigenvalue weighted by atomic mass is 19.1. The molecule has 2 N–H and O–H groups in total. The predicted molar refractivity (Wildman–Crippen MR) is 164 cm³/mol. The zero-order valence-corrected chi connectivity index (χ0v) is 24.0. The third kappa shape index (κ3) is 6.43. The molecule has 4 rings (SSSR count). The second kappa shape index (κ2) is 12.7. The van der Waals surface area contributed by atoms with Gasteiger partial charge in [0.2, 0.25) is 0 Å². The van der Waals surface area contributed by atoms with Gasteiger partial charge in [-0.2, -0.15) is 5.10 Å². The fourth-order valence-electron chi connectivity index (χ4n) is 4.75. The summed E-state index contributed by atoms with van der Waals surface area (Å²) >= 11 is 0. The molecular weight excluding hydrogens is 499 g/mol. The highest BCUT2D eigenvalue weighted by Crippen LogP contribution is 2.32. The van der Waals surface area contributed by atoms with Crippen LogP contribution < -0.4 is 0 Å². The van der Waals surface area contributed by atoms with Crippen LogP contribution in [0.1, 0.15) is 48.0 Å². The van der Waals surface area contributed by atoms with Crippen molar-refractivity contribution in [2.24, 2.45) is 0 Å². The maximum atomic E-state index is 14.3. The average molecular weight is 537 g/mol. The van der Waals surface area contributed by atoms with Gasteiger partial charge < -0.3 is 9.88 Å². The Bertz CT molecular complexity index is 1610. The van der Waals surface area contributed by atoms with Crippen molar-refractivity contribution in [2.45, 2.75) is 33.6 Å². The number of hydrogen-bond acceptors (Lipinski definition) is 4. The van der Waals surface area contributed by atoms with Gasteiger partial charge in [-0.1, -0.05) is 43.5 Å². The first-order valence-electron chi connectivity index (χ1n) is 13.4. The zero-order valence-electron chi connectivity index (χ0n) is 24.0. The average Bonchev–Trinajstić information content (AvgIpc) is 3.51. The van der Waals surface area contributed by atoms with Crippen molar-refractivity contribution in [3.8, 4) is 11.5 Å². The molecule has 0 spiro atoms. The number of fused-ring (bicyclic) bond motifs is 1. The number of benzene rings is 1. The molecule has 40 heavy (non-hydrogen) atoms. The van der Waals surface area contributed by atoms with Gasteiger partial charge in [0.15, 0.2) is 5.82 Å². The smallest absolute Gasteiger partial charge is 0.159 e. The number of aryl methyl sites for hydroxylation is 2. The van der Waals surface area contributed by atoms with E-state index in [9.17, 15) is 4.39 Å². The van der Waals surface area contributed by atoms with Crippen LogP contribution >= 0.6 is 0 Å². The van der Waals surface area contributed by atoms with Gasteiger partial charge in [-0.15, -0.1) is 0 Å². The van der Waals surface area contributed by atoms with Crippen molar-refractivity contribution in [1.29, 1.82) is 0 Å². The van der Waals surface area contributed by atoms with Gasteiger partial charge in [-0.05, 0) is 101 Å². The van der Waals surface area contributed by atoms with Gasteiger partial charge in [-0.25, -0.2) is 9.37 Å². The van der Waals surface area contributed by atoms with Crippen LogP contribution in [-0.2, 0) is 0 Å². The van der Waals surface area contributed by atoms with Gasteiger partial charge in [0.1, 0.15) is 11.5 Å². The minimum Gasteiger partial charge on any atom is -0.340 e. The molecule has 0 aliphatic carbocycles. The Kier molecular flexibility index (Phi) is 9.07. The summed E-state index contributed by atoms with van der Waals surface area (Å²) in [5.74, 6) is 0.329. The summed E-state index contributed by atoms with van der Waals surface area (Å²) in [6.07, 6.45) is 13.5. The molecule has 0 saturated carbocycles. The summed E-state index contributed by atoms with van der Waals surface area (Å²) in [5.41, 5.74) is 8.46. The second-order valence-electron chi connectivity index (χ2n) is 10.2. The van der Waals surface area contributed by atoms with Crippen LogP contribution in [0.15, 0.2) is 79.6 Å². The van der Waals surface area contributed by atoms with E-state index < -0.39 is 0 Å². The number of aromatic amines is 2. The monoisotopic (exact) mass is 536 g/mol. The minimum absolute atomic E-state index is 0.289. The van der Waals surface area contributed by atoms with Crippen molar-refractivity contribution in [2.75, 3.05) is 20.6 Å². The Morgan fingerprint density at radius 3 is 2.60 bits per heavy atom. The molecule has 3 aromatic heterocycles. The van der Waals surface area contributed by atoms with Crippen molar-refractivity contribution in [3.63, 3.8) is 0 Å². The number of nitrogens with one attached hydrogen (secondary N) is 2. The molecule has 0 radical (unpaired) electrons. The highest BCUT2D eigenvalue weighted by Gasteiger charge is 2.19. The van der Waals surface area contributed by atoms with Crippen LogP contribution in [0.25, 0.3) is 33.6 Å². The molecule has 0 aliphatic heterocycles. The number of nitrogens with zero attached hydrogens (tertiary/aromatic N) is 4. The lowest BCUT2D eigenvalue weighted by Gasteiger charge is -2.10. The number of aromatic nitrogens is 5. The van der Waals surface area contributed by atoms with Crippen LogP contribution in [0, 0.1) is 19.7 Å². The van der Waals surface area contributed by atoms with E-state index in [0.717, 1.165) is 69.6 Å². The molecule has 0 fully saturated rings. The number of pyridine rings is 1. The Hall–Kier alpha value is -4.36. The molecule has 0 aliphatic rings. The Labute approximate surface area is 235 Å². The van der Waals surface area contributed by atoms with E-state index >= 15 is 0 Å². The molecule has 0 unspecified atom stereocenters. The quantitative estimate of drug-likeness (QED) is 0.194. The van der Waals surface area contributed by atoms with Gasteiger partial charge in [0.25, 0.3) is 0 Å². The van der Waals surface area contributed by atoms with E-state index in [2.05, 4.69) is 59.5 Å². The maximum absolute atomic E-state index is 14.3. The van der Waals surface area contributed by atoms with Crippen LogP contribution in [0.5, 0.6) is 0 Å². The largest absolute Gasteiger partial charge is 0.340 e. The molecule has 1 aromatic carbocycles. The summed E-state index contributed by atoms with van der Waals surface area (Å²) in [7, 11) is 4.16. The number of H-pyrrole nitrogens is 2. The SMILES string of the molecule is C=C/C=C(/c1cc(C)cc(F)c1)c1nc(-c2n[nH]c3cnc(C(/C=C(\C=C)CCCN(C)C)=C/C)cc23)[nH]c1C. The van der Waals surface area contributed by atoms with Crippen LogP contribution in [0.3, 0.4) is 0 Å². The molecule has 206 valence electrons. The number of halogens is 1. The molecular formula is C33H37FN6. The normalized spacial score (nSPS) is 12.9. The molecule has 0 atom stereocenters. The van der Waals surface area contributed by atoms with Crippen molar-refractivity contribution >= 4 is 22.0 Å². The molecule has 7 heteroatoms. The van der Waals surface area contributed by atoms with Gasteiger partial charge in [-0.3, -0.25) is 10.1 Å². The second-order valence-corrected chi connectivity index (χ2v) is 10.2. The predicted octanol–water partition coefficient (Wildman–Crippen LogP) is 7.58. The van der Waals surface area contributed by atoms with E-state index in [1.807, 2.05) is 45.1 Å². The van der Waals surface area contributed by atoms with Gasteiger partial charge >= 0.3 is 0 Å². The highest BCUT2D eigenvalue weighted by molar-refractivity contribution is 5.93. The molecule has 4 aromatic rings. The van der Waals surface area contributed by atoms with Crippen LogP contribution in [-0.4, -0.2) is 50.7 Å². The van der Waals surface area contributed by atoms with E-state index in [4.69, 9.17) is 9.97 Å². The maximum Gasteiger partial charge on any atom is 0.159 e. The summed E-state index contributed by atoms with van der Waals surface area (Å²) in [6.45, 7) is 14.7. The number of imidazole rings is 1. The third-order valence-electron chi connectivity index (χ3n) is 6.73. The minimum atomic E-state index is -0.289. The Balaban J connectivity index is 1.72.